The molecule has 18 heavy (non-hydrogen) atoms. The lowest BCUT2D eigenvalue weighted by atomic mass is 10.1. The van der Waals surface area contributed by atoms with E-state index in [0.717, 1.165) is 18.9 Å². The first kappa shape index (κ1) is 12.8. The Morgan fingerprint density at radius 1 is 1.39 bits per heavy atom. The summed E-state index contributed by atoms with van der Waals surface area (Å²) in [7, 11) is 0. The Hall–Kier alpha value is -1.68. The van der Waals surface area contributed by atoms with Crippen LogP contribution in [0.5, 0.6) is 0 Å². The molecule has 1 aromatic carbocycles. The maximum Gasteiger partial charge on any atom is 0.127 e. The topological polar surface area (TPSA) is 29.9 Å². The third-order valence-electron chi connectivity index (χ3n) is 3.10. The quantitative estimate of drug-likeness (QED) is 0.880. The monoisotopic (exact) mass is 247 g/mol. The van der Waals surface area contributed by atoms with Crippen molar-refractivity contribution in [2.75, 3.05) is 6.54 Å². The van der Waals surface area contributed by atoms with Gasteiger partial charge in [0, 0.05) is 37.1 Å². The Morgan fingerprint density at radius 2 is 2.17 bits per heavy atom. The SMILES string of the molecule is Cc1nccn1CCN[C@H](C)c1ccccc1F. The van der Waals surface area contributed by atoms with Gasteiger partial charge in [0.1, 0.15) is 11.6 Å². The number of aromatic nitrogens is 2. The molecule has 4 heteroatoms. The van der Waals surface area contributed by atoms with E-state index in [4.69, 9.17) is 0 Å². The number of hydrogen-bond donors (Lipinski definition) is 1. The molecule has 0 bridgehead atoms. The van der Waals surface area contributed by atoms with Crippen LogP contribution >= 0.6 is 0 Å². The Balaban J connectivity index is 1.87. The van der Waals surface area contributed by atoms with Crippen LogP contribution in [0.3, 0.4) is 0 Å². The van der Waals surface area contributed by atoms with Gasteiger partial charge in [0.2, 0.25) is 0 Å². The number of imidazole rings is 1. The van der Waals surface area contributed by atoms with Gasteiger partial charge in [-0.1, -0.05) is 18.2 Å². The van der Waals surface area contributed by atoms with Crippen molar-refractivity contribution in [1.82, 2.24) is 14.9 Å². The molecule has 2 rings (SSSR count). The lowest BCUT2D eigenvalue weighted by Crippen LogP contribution is -2.24. The van der Waals surface area contributed by atoms with Crippen molar-refractivity contribution >= 4 is 0 Å². The summed E-state index contributed by atoms with van der Waals surface area (Å²) in [5.41, 5.74) is 0.708. The molecule has 96 valence electrons. The molecule has 0 amide bonds. The summed E-state index contributed by atoms with van der Waals surface area (Å²) in [5, 5.41) is 3.32. The maximum absolute atomic E-state index is 13.5. The molecule has 0 spiro atoms. The van der Waals surface area contributed by atoms with Crippen molar-refractivity contribution in [2.45, 2.75) is 26.4 Å². The number of aryl methyl sites for hydroxylation is 1. The van der Waals surface area contributed by atoms with Gasteiger partial charge < -0.3 is 9.88 Å². The predicted octanol–water partition coefficient (Wildman–Crippen LogP) is 2.68. The fourth-order valence-corrected chi connectivity index (χ4v) is 1.98. The summed E-state index contributed by atoms with van der Waals surface area (Å²) in [6.07, 6.45) is 3.74. The minimum absolute atomic E-state index is 0.00928. The summed E-state index contributed by atoms with van der Waals surface area (Å²) < 4.78 is 15.6. The van der Waals surface area contributed by atoms with Crippen LogP contribution in [-0.4, -0.2) is 16.1 Å². The Kier molecular flexibility index (Phi) is 4.10. The molecule has 0 aliphatic carbocycles. The third kappa shape index (κ3) is 2.96. The van der Waals surface area contributed by atoms with Gasteiger partial charge in [0.15, 0.2) is 0 Å². The molecule has 1 heterocycles. The number of nitrogens with zero attached hydrogens (tertiary/aromatic N) is 2. The Morgan fingerprint density at radius 3 is 2.83 bits per heavy atom. The van der Waals surface area contributed by atoms with Crippen molar-refractivity contribution in [1.29, 1.82) is 0 Å². The van der Waals surface area contributed by atoms with Crippen molar-refractivity contribution in [3.63, 3.8) is 0 Å². The van der Waals surface area contributed by atoms with Crippen molar-refractivity contribution in [2.24, 2.45) is 0 Å². The highest BCUT2D eigenvalue weighted by Gasteiger charge is 2.09. The molecule has 3 nitrogen and oxygen atoms in total. The van der Waals surface area contributed by atoms with Gasteiger partial charge in [-0.3, -0.25) is 0 Å². The molecule has 0 saturated carbocycles. The molecule has 1 atom stereocenters. The summed E-state index contributed by atoms with van der Waals surface area (Å²) in [5.74, 6) is 0.839. The van der Waals surface area contributed by atoms with E-state index in [1.807, 2.05) is 32.2 Å². The third-order valence-corrected chi connectivity index (χ3v) is 3.10. The fourth-order valence-electron chi connectivity index (χ4n) is 1.98. The molecule has 0 aliphatic heterocycles. The van der Waals surface area contributed by atoms with Crippen LogP contribution in [0.2, 0.25) is 0 Å². The van der Waals surface area contributed by atoms with Crippen LogP contribution in [0.1, 0.15) is 24.4 Å². The molecular formula is C14H18FN3. The molecular weight excluding hydrogens is 229 g/mol. The highest BCUT2D eigenvalue weighted by Crippen LogP contribution is 2.15. The highest BCUT2D eigenvalue weighted by atomic mass is 19.1. The normalized spacial score (nSPS) is 12.6. The van der Waals surface area contributed by atoms with E-state index >= 15 is 0 Å². The fraction of sp³-hybridized carbons (Fsp3) is 0.357. The first-order chi connectivity index (χ1) is 8.68. The van der Waals surface area contributed by atoms with E-state index in [2.05, 4.69) is 14.9 Å². The second-order valence-electron chi connectivity index (χ2n) is 4.37. The average Bonchev–Trinajstić information content (AvgIpc) is 2.75. The van der Waals surface area contributed by atoms with Gasteiger partial charge in [-0.15, -0.1) is 0 Å². The summed E-state index contributed by atoms with van der Waals surface area (Å²) in [6.45, 7) is 5.57. The summed E-state index contributed by atoms with van der Waals surface area (Å²) in [4.78, 5) is 4.16. The number of halogens is 1. The van der Waals surface area contributed by atoms with Crippen molar-refractivity contribution in [3.8, 4) is 0 Å². The molecule has 1 N–H and O–H groups in total. The largest absolute Gasteiger partial charge is 0.334 e. The standard InChI is InChI=1S/C14H18FN3/c1-11(13-5-3-4-6-14(13)15)16-7-9-18-10-8-17-12(18)2/h3-6,8,10-11,16H,7,9H2,1-2H3/t11-/m1/s1. The lowest BCUT2D eigenvalue weighted by Gasteiger charge is -2.15. The van der Waals surface area contributed by atoms with Crippen molar-refractivity contribution in [3.05, 3.63) is 53.9 Å². The summed E-state index contributed by atoms with van der Waals surface area (Å²) in [6, 6.07) is 6.88. The van der Waals surface area contributed by atoms with Crippen LogP contribution in [-0.2, 0) is 6.54 Å². The molecule has 0 fully saturated rings. The van der Waals surface area contributed by atoms with E-state index in [9.17, 15) is 4.39 Å². The molecule has 1 aromatic heterocycles. The maximum atomic E-state index is 13.5. The van der Waals surface area contributed by atoms with Gasteiger partial charge >= 0.3 is 0 Å². The van der Waals surface area contributed by atoms with Gasteiger partial charge in [-0.05, 0) is 19.9 Å². The van der Waals surface area contributed by atoms with Crippen LogP contribution in [0, 0.1) is 12.7 Å². The van der Waals surface area contributed by atoms with Gasteiger partial charge in [0.25, 0.3) is 0 Å². The Bertz CT molecular complexity index is 507. The second kappa shape index (κ2) is 5.78. The zero-order valence-corrected chi connectivity index (χ0v) is 10.7. The van der Waals surface area contributed by atoms with E-state index in [1.54, 1.807) is 12.3 Å². The zero-order chi connectivity index (χ0) is 13.0. The smallest absolute Gasteiger partial charge is 0.127 e. The van der Waals surface area contributed by atoms with Gasteiger partial charge in [-0.25, -0.2) is 9.37 Å². The summed E-state index contributed by atoms with van der Waals surface area (Å²) >= 11 is 0. The number of nitrogens with one attached hydrogen (secondary N) is 1. The second-order valence-corrected chi connectivity index (χ2v) is 4.37. The number of rotatable bonds is 5. The first-order valence-corrected chi connectivity index (χ1v) is 6.14. The van der Waals surface area contributed by atoms with Crippen LogP contribution in [0.15, 0.2) is 36.7 Å². The zero-order valence-electron chi connectivity index (χ0n) is 10.7. The van der Waals surface area contributed by atoms with E-state index in [1.165, 1.54) is 6.07 Å². The number of hydrogen-bond acceptors (Lipinski definition) is 2. The van der Waals surface area contributed by atoms with Gasteiger partial charge in [0.05, 0.1) is 0 Å². The van der Waals surface area contributed by atoms with Crippen LogP contribution in [0.25, 0.3) is 0 Å². The van der Waals surface area contributed by atoms with Gasteiger partial charge in [-0.2, -0.15) is 0 Å². The molecule has 0 unspecified atom stereocenters. The average molecular weight is 247 g/mol. The minimum atomic E-state index is -0.156. The first-order valence-electron chi connectivity index (χ1n) is 6.14. The lowest BCUT2D eigenvalue weighted by molar-refractivity contribution is 0.502. The molecule has 0 radical (unpaired) electrons. The van der Waals surface area contributed by atoms with E-state index in [-0.39, 0.29) is 11.9 Å². The molecule has 0 aliphatic rings. The predicted molar refractivity (Wildman–Crippen MR) is 69.8 cm³/mol. The number of benzene rings is 1. The van der Waals surface area contributed by atoms with Crippen LogP contribution < -0.4 is 5.32 Å². The van der Waals surface area contributed by atoms with Crippen LogP contribution in [0.4, 0.5) is 4.39 Å². The molecule has 2 aromatic rings. The molecule has 0 saturated heterocycles. The van der Waals surface area contributed by atoms with E-state index < -0.39 is 0 Å². The highest BCUT2D eigenvalue weighted by molar-refractivity contribution is 5.20. The van der Waals surface area contributed by atoms with Crippen molar-refractivity contribution < 1.29 is 4.39 Å². The minimum Gasteiger partial charge on any atom is -0.334 e. The van der Waals surface area contributed by atoms with E-state index in [0.29, 0.717) is 5.56 Å². The Labute approximate surface area is 107 Å².